The van der Waals surface area contributed by atoms with Crippen molar-refractivity contribution in [1.82, 2.24) is 0 Å². The number of benzene rings is 1. The quantitative estimate of drug-likeness (QED) is 0.615. The van der Waals surface area contributed by atoms with E-state index in [4.69, 9.17) is 9.68 Å². The van der Waals surface area contributed by atoms with Crippen molar-refractivity contribution in [1.29, 1.82) is 5.26 Å². The molecule has 0 amide bonds. The van der Waals surface area contributed by atoms with Crippen LogP contribution in [0.2, 0.25) is 0 Å². The van der Waals surface area contributed by atoms with Crippen LogP contribution in [0.5, 0.6) is 0 Å². The molecule has 0 radical (unpaired) electrons. The van der Waals surface area contributed by atoms with Gasteiger partial charge >= 0.3 is 0 Å². The highest BCUT2D eigenvalue weighted by Gasteiger charge is 1.97. The van der Waals surface area contributed by atoms with Gasteiger partial charge in [0.1, 0.15) is 11.3 Å². The fourth-order valence-electron chi connectivity index (χ4n) is 1.20. The van der Waals surface area contributed by atoms with Gasteiger partial charge in [0.15, 0.2) is 0 Å². The predicted molar refractivity (Wildman–Crippen MR) is 50.9 cm³/mol. The molecule has 0 aliphatic heterocycles. The smallest absolute Gasteiger partial charge is 0.134 e. The second-order valence-electron chi connectivity index (χ2n) is 2.65. The van der Waals surface area contributed by atoms with Gasteiger partial charge < -0.3 is 4.42 Å². The highest BCUT2D eigenvalue weighted by Crippen LogP contribution is 2.19. The van der Waals surface area contributed by atoms with Crippen LogP contribution in [-0.4, -0.2) is 0 Å². The molecule has 1 heterocycles. The van der Waals surface area contributed by atoms with Gasteiger partial charge in [0.25, 0.3) is 0 Å². The molecule has 0 spiro atoms. The third-order valence-corrected chi connectivity index (χ3v) is 1.77. The maximum atomic E-state index is 8.32. The van der Waals surface area contributed by atoms with Crippen LogP contribution in [0.1, 0.15) is 5.76 Å². The Labute approximate surface area is 75.7 Å². The average Bonchev–Trinajstić information content (AvgIpc) is 2.57. The maximum Gasteiger partial charge on any atom is 0.134 e. The molecule has 0 unspecified atom stereocenters. The minimum absolute atomic E-state index is 0.711. The van der Waals surface area contributed by atoms with Crippen molar-refractivity contribution in [2.75, 3.05) is 0 Å². The van der Waals surface area contributed by atoms with E-state index in [2.05, 4.69) is 0 Å². The van der Waals surface area contributed by atoms with E-state index in [9.17, 15) is 0 Å². The van der Waals surface area contributed by atoms with Crippen LogP contribution in [0, 0.1) is 11.3 Å². The summed E-state index contributed by atoms with van der Waals surface area (Å²) in [6.07, 6.45) is 3.05. The van der Waals surface area contributed by atoms with Gasteiger partial charge in [0.05, 0.1) is 6.07 Å². The van der Waals surface area contributed by atoms with Crippen molar-refractivity contribution < 1.29 is 4.42 Å². The van der Waals surface area contributed by atoms with E-state index in [1.165, 1.54) is 6.08 Å². The molecule has 2 rings (SSSR count). The molecule has 13 heavy (non-hydrogen) atoms. The summed E-state index contributed by atoms with van der Waals surface area (Å²) in [5.74, 6) is 0.711. The summed E-state index contributed by atoms with van der Waals surface area (Å²) in [6, 6.07) is 11.6. The monoisotopic (exact) mass is 169 g/mol. The van der Waals surface area contributed by atoms with Gasteiger partial charge in [-0.3, -0.25) is 0 Å². The Morgan fingerprint density at radius 1 is 1.31 bits per heavy atom. The van der Waals surface area contributed by atoms with Gasteiger partial charge in [-0.2, -0.15) is 5.26 Å². The predicted octanol–water partition coefficient (Wildman–Crippen LogP) is 2.97. The summed E-state index contributed by atoms with van der Waals surface area (Å²) >= 11 is 0. The molecule has 0 fully saturated rings. The van der Waals surface area contributed by atoms with Crippen molar-refractivity contribution >= 4 is 17.0 Å². The lowest BCUT2D eigenvalue weighted by Crippen LogP contribution is -1.57. The number of allylic oxidation sites excluding steroid dienone is 1. The van der Waals surface area contributed by atoms with Gasteiger partial charge in [0.2, 0.25) is 0 Å². The Kier molecular flexibility index (Phi) is 1.85. The molecule has 0 aliphatic rings. The van der Waals surface area contributed by atoms with E-state index >= 15 is 0 Å². The number of fused-ring (bicyclic) bond motifs is 1. The molecular formula is C11H7NO. The minimum atomic E-state index is 0.711. The standard InChI is InChI=1S/C11H7NO/c12-7-3-5-10-8-9-4-1-2-6-11(9)13-10/h1-6,8H/b5-3-. The van der Waals surface area contributed by atoms with Gasteiger partial charge in [-0.15, -0.1) is 0 Å². The van der Waals surface area contributed by atoms with Crippen molar-refractivity contribution in [2.24, 2.45) is 0 Å². The molecule has 2 aromatic rings. The Bertz CT molecular complexity index is 455. The molecule has 0 saturated heterocycles. The Morgan fingerprint density at radius 3 is 2.92 bits per heavy atom. The number of para-hydroxylation sites is 1. The van der Waals surface area contributed by atoms with Crippen LogP contribution in [0.3, 0.4) is 0 Å². The second kappa shape index (κ2) is 3.16. The summed E-state index contributed by atoms with van der Waals surface area (Å²) in [7, 11) is 0. The van der Waals surface area contributed by atoms with E-state index < -0.39 is 0 Å². The van der Waals surface area contributed by atoms with Gasteiger partial charge in [-0.05, 0) is 18.2 Å². The lowest BCUT2D eigenvalue weighted by molar-refractivity contribution is 0.604. The van der Waals surface area contributed by atoms with Crippen molar-refractivity contribution in [2.45, 2.75) is 0 Å². The second-order valence-corrected chi connectivity index (χ2v) is 2.65. The van der Waals surface area contributed by atoms with Crippen molar-refractivity contribution in [3.8, 4) is 6.07 Å². The third-order valence-electron chi connectivity index (χ3n) is 1.77. The highest BCUT2D eigenvalue weighted by atomic mass is 16.3. The fraction of sp³-hybridized carbons (Fsp3) is 0. The number of nitrogens with zero attached hydrogens (tertiary/aromatic N) is 1. The van der Waals surface area contributed by atoms with Crippen LogP contribution < -0.4 is 0 Å². The first-order valence-electron chi connectivity index (χ1n) is 3.95. The van der Waals surface area contributed by atoms with Crippen molar-refractivity contribution in [3.63, 3.8) is 0 Å². The van der Waals surface area contributed by atoms with Gasteiger partial charge in [-0.25, -0.2) is 0 Å². The Hall–Kier alpha value is -2.01. The molecule has 0 atom stereocenters. The number of hydrogen-bond donors (Lipinski definition) is 0. The van der Waals surface area contributed by atoms with Gasteiger partial charge in [-0.1, -0.05) is 18.2 Å². The SMILES string of the molecule is N#C/C=C\c1cc2ccccc2o1. The number of hydrogen-bond acceptors (Lipinski definition) is 2. The lowest BCUT2D eigenvalue weighted by atomic mass is 10.2. The topological polar surface area (TPSA) is 36.9 Å². The maximum absolute atomic E-state index is 8.32. The molecule has 2 nitrogen and oxygen atoms in total. The summed E-state index contributed by atoms with van der Waals surface area (Å²) in [6.45, 7) is 0. The van der Waals surface area contributed by atoms with E-state index in [-0.39, 0.29) is 0 Å². The molecule has 2 heteroatoms. The van der Waals surface area contributed by atoms with E-state index in [1.807, 2.05) is 36.4 Å². The lowest BCUT2D eigenvalue weighted by Gasteiger charge is -1.82. The zero-order chi connectivity index (χ0) is 9.10. The van der Waals surface area contributed by atoms with Crippen molar-refractivity contribution in [3.05, 3.63) is 42.2 Å². The molecule has 0 bridgehead atoms. The van der Waals surface area contributed by atoms with Crippen LogP contribution in [0.25, 0.3) is 17.0 Å². The van der Waals surface area contributed by atoms with Gasteiger partial charge in [0, 0.05) is 11.5 Å². The Morgan fingerprint density at radius 2 is 2.15 bits per heavy atom. The zero-order valence-corrected chi connectivity index (χ0v) is 6.90. The van der Waals surface area contributed by atoms with Crippen LogP contribution in [0.4, 0.5) is 0 Å². The highest BCUT2D eigenvalue weighted by molar-refractivity contribution is 5.79. The first kappa shape index (κ1) is 7.63. The number of nitriles is 1. The molecular weight excluding hydrogens is 162 g/mol. The molecule has 1 aromatic heterocycles. The summed E-state index contributed by atoms with van der Waals surface area (Å²) in [5, 5.41) is 9.38. The Balaban J connectivity index is 2.51. The molecule has 1 aromatic carbocycles. The summed E-state index contributed by atoms with van der Waals surface area (Å²) in [4.78, 5) is 0. The largest absolute Gasteiger partial charge is 0.457 e. The van der Waals surface area contributed by atoms with Crippen LogP contribution in [0.15, 0.2) is 40.8 Å². The molecule has 0 aliphatic carbocycles. The third kappa shape index (κ3) is 1.45. The van der Waals surface area contributed by atoms with Crippen LogP contribution >= 0.6 is 0 Å². The summed E-state index contributed by atoms with van der Waals surface area (Å²) in [5.41, 5.74) is 0.847. The minimum Gasteiger partial charge on any atom is -0.457 e. The molecule has 0 N–H and O–H groups in total. The zero-order valence-electron chi connectivity index (χ0n) is 6.90. The first-order valence-corrected chi connectivity index (χ1v) is 3.95. The van der Waals surface area contributed by atoms with E-state index in [0.717, 1.165) is 11.0 Å². The molecule has 0 saturated carbocycles. The first-order chi connectivity index (χ1) is 6.40. The number of rotatable bonds is 1. The average molecular weight is 169 g/mol. The van der Waals surface area contributed by atoms with Crippen LogP contribution in [-0.2, 0) is 0 Å². The molecule has 62 valence electrons. The summed E-state index contributed by atoms with van der Waals surface area (Å²) < 4.78 is 5.43. The number of furan rings is 1. The van der Waals surface area contributed by atoms with E-state index in [1.54, 1.807) is 6.08 Å². The normalized spacial score (nSPS) is 10.7. The van der Waals surface area contributed by atoms with E-state index in [0.29, 0.717) is 5.76 Å². The fourth-order valence-corrected chi connectivity index (χ4v) is 1.20.